The zero-order chi connectivity index (χ0) is 16.1. The van der Waals surface area contributed by atoms with E-state index in [-0.39, 0.29) is 5.69 Å². The van der Waals surface area contributed by atoms with Gasteiger partial charge in [-0.25, -0.2) is 0 Å². The predicted molar refractivity (Wildman–Crippen MR) is 85.0 cm³/mol. The molecule has 2 rings (SSSR count). The van der Waals surface area contributed by atoms with Crippen molar-refractivity contribution >= 4 is 23.0 Å². The minimum atomic E-state index is -0.482. The minimum Gasteiger partial charge on any atom is -0.493 e. The van der Waals surface area contributed by atoms with Crippen LogP contribution in [0.25, 0.3) is 0 Å². The van der Waals surface area contributed by atoms with Crippen LogP contribution in [0.15, 0.2) is 36.4 Å². The van der Waals surface area contributed by atoms with E-state index in [1.807, 2.05) is 18.2 Å². The maximum atomic E-state index is 10.7. The molecule has 1 N–H and O–H groups in total. The van der Waals surface area contributed by atoms with E-state index < -0.39 is 4.92 Å². The number of benzene rings is 2. The van der Waals surface area contributed by atoms with Crippen molar-refractivity contribution in [2.45, 2.75) is 6.54 Å². The summed E-state index contributed by atoms with van der Waals surface area (Å²) in [6, 6.07) is 9.87. The van der Waals surface area contributed by atoms with Gasteiger partial charge in [0.25, 0.3) is 5.69 Å². The van der Waals surface area contributed by atoms with Gasteiger partial charge in [0.05, 0.1) is 29.9 Å². The van der Waals surface area contributed by atoms with E-state index in [0.717, 1.165) is 5.56 Å². The SMILES string of the molecule is COc1ccc(CNc2ccc([N+](=O)[O-])cc2Cl)cc1OC. The molecule has 7 heteroatoms. The number of anilines is 1. The Morgan fingerprint density at radius 2 is 1.86 bits per heavy atom. The molecule has 2 aromatic rings. The van der Waals surface area contributed by atoms with E-state index in [0.29, 0.717) is 28.8 Å². The Balaban J connectivity index is 2.11. The van der Waals surface area contributed by atoms with Gasteiger partial charge < -0.3 is 14.8 Å². The van der Waals surface area contributed by atoms with Gasteiger partial charge in [-0.2, -0.15) is 0 Å². The van der Waals surface area contributed by atoms with Crippen LogP contribution in [0.2, 0.25) is 5.02 Å². The molecule has 0 aliphatic rings. The van der Waals surface area contributed by atoms with Crippen molar-refractivity contribution in [1.29, 1.82) is 0 Å². The van der Waals surface area contributed by atoms with Crippen LogP contribution >= 0.6 is 11.6 Å². The van der Waals surface area contributed by atoms with Gasteiger partial charge in [0.2, 0.25) is 0 Å². The zero-order valence-corrected chi connectivity index (χ0v) is 12.9. The summed E-state index contributed by atoms with van der Waals surface area (Å²) in [7, 11) is 3.15. The van der Waals surface area contributed by atoms with Crippen molar-refractivity contribution in [2.75, 3.05) is 19.5 Å². The van der Waals surface area contributed by atoms with E-state index in [2.05, 4.69) is 5.32 Å². The number of methoxy groups -OCH3 is 2. The normalized spacial score (nSPS) is 10.1. The Morgan fingerprint density at radius 1 is 1.14 bits per heavy atom. The Hall–Kier alpha value is -2.47. The summed E-state index contributed by atoms with van der Waals surface area (Å²) in [5.74, 6) is 1.29. The molecule has 116 valence electrons. The van der Waals surface area contributed by atoms with Crippen LogP contribution in [0.1, 0.15) is 5.56 Å². The third kappa shape index (κ3) is 3.59. The molecule has 0 bridgehead atoms. The fraction of sp³-hybridized carbons (Fsp3) is 0.200. The number of nitro benzene ring substituents is 1. The van der Waals surface area contributed by atoms with Gasteiger partial charge in [-0.1, -0.05) is 17.7 Å². The van der Waals surface area contributed by atoms with E-state index in [4.69, 9.17) is 21.1 Å². The molecule has 0 heterocycles. The van der Waals surface area contributed by atoms with Gasteiger partial charge in [-0.3, -0.25) is 10.1 Å². The first-order valence-electron chi connectivity index (χ1n) is 6.44. The molecule has 2 aromatic carbocycles. The van der Waals surface area contributed by atoms with Crippen molar-refractivity contribution in [1.82, 2.24) is 0 Å². The summed E-state index contributed by atoms with van der Waals surface area (Å²) in [4.78, 5) is 10.2. The van der Waals surface area contributed by atoms with E-state index in [1.165, 1.54) is 12.1 Å². The quantitative estimate of drug-likeness (QED) is 0.645. The molecule has 0 spiro atoms. The summed E-state index contributed by atoms with van der Waals surface area (Å²) >= 11 is 6.03. The molecule has 0 radical (unpaired) electrons. The van der Waals surface area contributed by atoms with Crippen molar-refractivity contribution in [2.24, 2.45) is 0 Å². The Labute approximate surface area is 132 Å². The van der Waals surface area contributed by atoms with Gasteiger partial charge >= 0.3 is 0 Å². The Bertz CT molecular complexity index is 691. The molecule has 22 heavy (non-hydrogen) atoms. The topological polar surface area (TPSA) is 73.6 Å². The number of hydrogen-bond donors (Lipinski definition) is 1. The Morgan fingerprint density at radius 3 is 2.45 bits per heavy atom. The summed E-state index contributed by atoms with van der Waals surface area (Å²) < 4.78 is 10.4. The predicted octanol–water partition coefficient (Wildman–Crippen LogP) is 3.88. The molecular formula is C15H15ClN2O4. The zero-order valence-electron chi connectivity index (χ0n) is 12.1. The van der Waals surface area contributed by atoms with Crippen LogP contribution in [0.4, 0.5) is 11.4 Å². The maximum Gasteiger partial charge on any atom is 0.271 e. The molecule has 0 aromatic heterocycles. The van der Waals surface area contributed by atoms with Crippen LogP contribution in [0, 0.1) is 10.1 Å². The molecule has 0 saturated carbocycles. The molecule has 0 unspecified atom stereocenters. The lowest BCUT2D eigenvalue weighted by Gasteiger charge is -2.11. The van der Waals surface area contributed by atoms with Crippen molar-refractivity contribution in [3.8, 4) is 11.5 Å². The van der Waals surface area contributed by atoms with E-state index >= 15 is 0 Å². The van der Waals surface area contributed by atoms with E-state index in [1.54, 1.807) is 20.3 Å². The lowest BCUT2D eigenvalue weighted by molar-refractivity contribution is -0.384. The summed E-state index contributed by atoms with van der Waals surface area (Å²) in [6.07, 6.45) is 0. The number of nitrogens with zero attached hydrogens (tertiary/aromatic N) is 1. The van der Waals surface area contributed by atoms with Gasteiger partial charge in [0, 0.05) is 18.7 Å². The number of hydrogen-bond acceptors (Lipinski definition) is 5. The highest BCUT2D eigenvalue weighted by Gasteiger charge is 2.10. The first kappa shape index (κ1) is 15.9. The summed E-state index contributed by atoms with van der Waals surface area (Å²) in [6.45, 7) is 0.498. The molecule has 0 aliphatic carbocycles. The number of nitro groups is 1. The first-order valence-corrected chi connectivity index (χ1v) is 6.81. The highest BCUT2D eigenvalue weighted by Crippen LogP contribution is 2.29. The fourth-order valence-electron chi connectivity index (χ4n) is 1.95. The van der Waals surface area contributed by atoms with Gasteiger partial charge in [0.15, 0.2) is 11.5 Å². The summed E-state index contributed by atoms with van der Waals surface area (Å²) in [5.41, 5.74) is 1.55. The Kier molecular flexibility index (Phi) is 5.06. The third-order valence-electron chi connectivity index (χ3n) is 3.09. The molecule has 0 fully saturated rings. The molecule has 0 aliphatic heterocycles. The van der Waals surface area contributed by atoms with Gasteiger partial charge in [-0.15, -0.1) is 0 Å². The lowest BCUT2D eigenvalue weighted by Crippen LogP contribution is -2.01. The maximum absolute atomic E-state index is 10.7. The smallest absolute Gasteiger partial charge is 0.271 e. The van der Waals surface area contributed by atoms with Crippen molar-refractivity contribution < 1.29 is 14.4 Å². The first-order chi connectivity index (χ1) is 10.5. The van der Waals surface area contributed by atoms with Crippen LogP contribution < -0.4 is 14.8 Å². The molecule has 0 amide bonds. The number of halogens is 1. The van der Waals surface area contributed by atoms with Crippen LogP contribution in [-0.2, 0) is 6.54 Å². The second kappa shape index (κ2) is 7.00. The van der Waals surface area contributed by atoms with Crippen molar-refractivity contribution in [3.05, 3.63) is 57.1 Å². The molecular weight excluding hydrogens is 308 g/mol. The highest BCUT2D eigenvalue weighted by atomic mass is 35.5. The number of rotatable bonds is 6. The van der Waals surface area contributed by atoms with Crippen molar-refractivity contribution in [3.63, 3.8) is 0 Å². The fourth-order valence-corrected chi connectivity index (χ4v) is 2.19. The second-order valence-electron chi connectivity index (χ2n) is 4.46. The number of ether oxygens (including phenoxy) is 2. The number of non-ortho nitro benzene ring substituents is 1. The van der Waals surface area contributed by atoms with Crippen LogP contribution in [0.5, 0.6) is 11.5 Å². The van der Waals surface area contributed by atoms with E-state index in [9.17, 15) is 10.1 Å². The average molecular weight is 323 g/mol. The number of nitrogens with one attached hydrogen (secondary N) is 1. The highest BCUT2D eigenvalue weighted by molar-refractivity contribution is 6.33. The minimum absolute atomic E-state index is 0.0401. The van der Waals surface area contributed by atoms with Gasteiger partial charge in [0.1, 0.15) is 0 Å². The monoisotopic (exact) mass is 322 g/mol. The van der Waals surface area contributed by atoms with Crippen LogP contribution in [0.3, 0.4) is 0 Å². The molecule has 0 atom stereocenters. The summed E-state index contributed by atoms with van der Waals surface area (Å²) in [5, 5.41) is 14.1. The average Bonchev–Trinajstić information content (AvgIpc) is 2.53. The standard InChI is InChI=1S/C15H15ClN2O4/c1-21-14-6-3-10(7-15(14)22-2)9-17-13-5-4-11(18(19)20)8-12(13)16/h3-8,17H,9H2,1-2H3. The third-order valence-corrected chi connectivity index (χ3v) is 3.41. The van der Waals surface area contributed by atoms with Gasteiger partial charge in [-0.05, 0) is 23.8 Å². The second-order valence-corrected chi connectivity index (χ2v) is 4.87. The largest absolute Gasteiger partial charge is 0.493 e. The molecule has 0 saturated heterocycles. The lowest BCUT2D eigenvalue weighted by atomic mass is 10.2. The molecule has 6 nitrogen and oxygen atoms in total. The van der Waals surface area contributed by atoms with Crippen LogP contribution in [-0.4, -0.2) is 19.1 Å².